The van der Waals surface area contributed by atoms with Gasteiger partial charge < -0.3 is 15.4 Å². The van der Waals surface area contributed by atoms with E-state index in [1.165, 1.54) is 0 Å². The van der Waals surface area contributed by atoms with Crippen molar-refractivity contribution in [3.63, 3.8) is 0 Å². The first-order valence-electron chi connectivity index (χ1n) is 7.49. The quantitative estimate of drug-likeness (QED) is 0.910. The Balaban J connectivity index is 1.89. The number of rotatable bonds is 3. The minimum atomic E-state index is -0.845. The van der Waals surface area contributed by atoms with Crippen LogP contribution in [0.4, 0.5) is 0 Å². The largest absolute Gasteiger partial charge is 0.478 e. The highest BCUT2D eigenvalue weighted by Gasteiger charge is 2.68. The predicted octanol–water partition coefficient (Wildman–Crippen LogP) is 3.09. The van der Waals surface area contributed by atoms with Gasteiger partial charge in [0.05, 0.1) is 5.56 Å². The average Bonchev–Trinajstić information content (AvgIpc) is 2.65. The van der Waals surface area contributed by atoms with Gasteiger partial charge in [0.2, 0.25) is 0 Å². The molecule has 2 bridgehead atoms. The van der Waals surface area contributed by atoms with E-state index in [0.717, 1.165) is 35.9 Å². The zero-order chi connectivity index (χ0) is 15.0. The summed E-state index contributed by atoms with van der Waals surface area (Å²) in [5.41, 5.74) is 8.85. The lowest BCUT2D eigenvalue weighted by Gasteiger charge is -2.71. The molecule has 1 aromatic carbocycles. The summed E-state index contributed by atoms with van der Waals surface area (Å²) in [5.74, 6) is -0.845. The van der Waals surface area contributed by atoms with Gasteiger partial charge in [-0.05, 0) is 44.6 Å². The van der Waals surface area contributed by atoms with Crippen molar-refractivity contribution < 1.29 is 9.90 Å². The Hall–Kier alpha value is -1.81. The van der Waals surface area contributed by atoms with Crippen LogP contribution in [0.5, 0.6) is 0 Å². The number of carbonyl (C=O) groups is 1. The van der Waals surface area contributed by atoms with Gasteiger partial charge in [0.25, 0.3) is 0 Å². The number of benzene rings is 1. The van der Waals surface area contributed by atoms with Gasteiger partial charge in [0.1, 0.15) is 0 Å². The molecular weight excluding hydrogens is 264 g/mol. The maximum atomic E-state index is 11.6. The second-order valence-corrected chi connectivity index (χ2v) is 7.08. The molecule has 21 heavy (non-hydrogen) atoms. The minimum Gasteiger partial charge on any atom is -0.478 e. The van der Waals surface area contributed by atoms with Crippen LogP contribution in [0, 0.1) is 12.3 Å². The van der Waals surface area contributed by atoms with Gasteiger partial charge in [0.15, 0.2) is 0 Å². The van der Waals surface area contributed by atoms with Crippen molar-refractivity contribution in [2.75, 3.05) is 0 Å². The molecule has 0 amide bonds. The molecule has 1 unspecified atom stereocenters. The highest BCUT2D eigenvalue weighted by Crippen LogP contribution is 2.70. The molecule has 3 aliphatic carbocycles. The Kier molecular flexibility index (Phi) is 2.26. The monoisotopic (exact) mass is 284 g/mol. The topological polar surface area (TPSA) is 68.2 Å². The number of aromatic carboxylic acids is 1. The second-order valence-electron chi connectivity index (χ2n) is 7.08. The minimum absolute atomic E-state index is 0.0702. The summed E-state index contributed by atoms with van der Waals surface area (Å²) in [6.07, 6.45) is 3.19. The third-order valence-electron chi connectivity index (χ3n) is 5.76. The van der Waals surface area contributed by atoms with Gasteiger partial charge >= 0.3 is 5.97 Å². The van der Waals surface area contributed by atoms with E-state index in [0.29, 0.717) is 11.6 Å². The van der Waals surface area contributed by atoms with Crippen LogP contribution in [-0.4, -0.2) is 21.2 Å². The van der Waals surface area contributed by atoms with Gasteiger partial charge in [-0.2, -0.15) is 0 Å². The average molecular weight is 284 g/mol. The van der Waals surface area contributed by atoms with Crippen LogP contribution in [0.1, 0.15) is 48.3 Å². The van der Waals surface area contributed by atoms with Gasteiger partial charge in [-0.25, -0.2) is 4.79 Å². The fourth-order valence-corrected chi connectivity index (χ4v) is 4.83. The Bertz CT molecular complexity index is 755. The van der Waals surface area contributed by atoms with E-state index < -0.39 is 5.97 Å². The summed E-state index contributed by atoms with van der Waals surface area (Å²) in [7, 11) is 0. The number of hydrogen-bond donors (Lipinski definition) is 2. The highest BCUT2D eigenvalue weighted by molar-refractivity contribution is 6.05. The first-order chi connectivity index (χ1) is 9.87. The smallest absolute Gasteiger partial charge is 0.338 e. The molecule has 4 nitrogen and oxygen atoms in total. The molecule has 0 saturated heterocycles. The third-order valence-corrected chi connectivity index (χ3v) is 5.76. The number of fused-ring (bicyclic) bond motifs is 1. The number of aromatic nitrogens is 1. The molecule has 3 fully saturated rings. The van der Waals surface area contributed by atoms with Crippen LogP contribution in [0.25, 0.3) is 10.9 Å². The maximum absolute atomic E-state index is 11.6. The van der Waals surface area contributed by atoms with Crippen LogP contribution in [-0.2, 0) is 0 Å². The van der Waals surface area contributed by atoms with E-state index in [1.54, 1.807) is 0 Å². The van der Waals surface area contributed by atoms with Crippen molar-refractivity contribution in [3.05, 3.63) is 35.5 Å². The van der Waals surface area contributed by atoms with Crippen molar-refractivity contribution in [2.45, 2.75) is 44.7 Å². The second kappa shape index (κ2) is 3.69. The van der Waals surface area contributed by atoms with Gasteiger partial charge in [-0.1, -0.05) is 18.2 Å². The Labute approximate surface area is 123 Å². The number of carboxylic acid groups (broad SMARTS) is 1. The molecule has 3 saturated carbocycles. The molecule has 3 N–H and O–H groups in total. The number of hydrogen-bond acceptors (Lipinski definition) is 2. The van der Waals surface area contributed by atoms with Crippen LogP contribution in [0.2, 0.25) is 0 Å². The summed E-state index contributed by atoms with van der Waals surface area (Å²) in [6, 6.07) is 8.10. The Morgan fingerprint density at radius 3 is 2.52 bits per heavy atom. The zero-order valence-electron chi connectivity index (χ0n) is 12.4. The zero-order valence-corrected chi connectivity index (χ0v) is 12.4. The lowest BCUT2D eigenvalue weighted by molar-refractivity contribution is -0.161. The molecule has 0 spiro atoms. The maximum Gasteiger partial charge on any atom is 0.338 e. The molecule has 4 heteroatoms. The SMILES string of the molecule is Cc1c(C(=O)O)c2ccccc2n1C(C)C12CC(N)(C1)C2. The lowest BCUT2D eigenvalue weighted by Crippen LogP contribution is -2.74. The van der Waals surface area contributed by atoms with Gasteiger partial charge in [-0.3, -0.25) is 0 Å². The van der Waals surface area contributed by atoms with Crippen molar-refractivity contribution in [1.29, 1.82) is 0 Å². The number of nitrogens with two attached hydrogens (primary N) is 1. The van der Waals surface area contributed by atoms with E-state index in [1.807, 2.05) is 31.2 Å². The molecule has 0 radical (unpaired) electrons. The fourth-order valence-electron chi connectivity index (χ4n) is 4.83. The standard InChI is InChI=1S/C17H20N2O2/c1-10-14(15(20)21)12-5-3-4-6-13(12)19(10)11(2)16-7-17(18,8-16)9-16/h3-6,11H,7-9,18H2,1-2H3,(H,20,21). The van der Waals surface area contributed by atoms with E-state index in [2.05, 4.69) is 11.5 Å². The Morgan fingerprint density at radius 1 is 1.33 bits per heavy atom. The highest BCUT2D eigenvalue weighted by atomic mass is 16.4. The molecule has 2 aromatic rings. The van der Waals surface area contributed by atoms with Gasteiger partial charge in [0, 0.05) is 28.2 Å². The predicted molar refractivity (Wildman–Crippen MR) is 81.5 cm³/mol. The number of para-hydroxylation sites is 1. The molecule has 1 heterocycles. The molecule has 110 valence electrons. The van der Waals surface area contributed by atoms with Crippen molar-refractivity contribution in [3.8, 4) is 0 Å². The first-order valence-corrected chi connectivity index (χ1v) is 7.49. The van der Waals surface area contributed by atoms with Crippen LogP contribution in [0.15, 0.2) is 24.3 Å². The summed E-state index contributed by atoms with van der Waals surface area (Å²) >= 11 is 0. The van der Waals surface area contributed by atoms with Gasteiger partial charge in [-0.15, -0.1) is 0 Å². The number of carboxylic acids is 1. The van der Waals surface area contributed by atoms with E-state index in [9.17, 15) is 9.90 Å². The Morgan fingerprint density at radius 2 is 1.95 bits per heavy atom. The first kappa shape index (κ1) is 12.9. The van der Waals surface area contributed by atoms with E-state index >= 15 is 0 Å². The van der Waals surface area contributed by atoms with Crippen molar-refractivity contribution >= 4 is 16.9 Å². The fraction of sp³-hybridized carbons (Fsp3) is 0.471. The molecule has 5 rings (SSSR count). The van der Waals surface area contributed by atoms with Crippen LogP contribution < -0.4 is 5.73 Å². The normalized spacial score (nSPS) is 31.6. The summed E-state index contributed by atoms with van der Waals surface area (Å²) in [6.45, 7) is 4.13. The summed E-state index contributed by atoms with van der Waals surface area (Å²) in [4.78, 5) is 11.6. The van der Waals surface area contributed by atoms with Crippen LogP contribution >= 0.6 is 0 Å². The number of nitrogens with zero attached hydrogens (tertiary/aromatic N) is 1. The molecule has 3 aliphatic rings. The summed E-state index contributed by atoms with van der Waals surface area (Å²) < 4.78 is 2.22. The molecular formula is C17H20N2O2. The van der Waals surface area contributed by atoms with Crippen molar-refractivity contribution in [1.82, 2.24) is 4.57 Å². The summed E-state index contributed by atoms with van der Waals surface area (Å²) in [5, 5.41) is 10.4. The van der Waals surface area contributed by atoms with Crippen LogP contribution in [0.3, 0.4) is 0 Å². The molecule has 1 atom stereocenters. The van der Waals surface area contributed by atoms with Crippen molar-refractivity contribution in [2.24, 2.45) is 11.1 Å². The third kappa shape index (κ3) is 1.46. The molecule has 1 aromatic heterocycles. The van der Waals surface area contributed by atoms with E-state index in [4.69, 9.17) is 5.73 Å². The lowest BCUT2D eigenvalue weighted by atomic mass is 9.37. The molecule has 0 aliphatic heterocycles. The van der Waals surface area contributed by atoms with E-state index in [-0.39, 0.29) is 11.0 Å².